The second kappa shape index (κ2) is 13.0. The average Bonchev–Trinajstić information content (AvgIpc) is 3.23. The predicted octanol–water partition coefficient (Wildman–Crippen LogP) is 5.48. The highest BCUT2D eigenvalue weighted by molar-refractivity contribution is 5.89. The summed E-state index contributed by atoms with van der Waals surface area (Å²) in [7, 11) is 2.24. The second-order valence-electron chi connectivity index (χ2n) is 11.1. The Morgan fingerprint density at radius 3 is 2.44 bits per heavy atom. The maximum Gasteiger partial charge on any atom is 0.317 e. The van der Waals surface area contributed by atoms with Gasteiger partial charge in [0.25, 0.3) is 0 Å². The molecule has 0 saturated carbocycles. The third-order valence-corrected chi connectivity index (χ3v) is 8.65. The van der Waals surface area contributed by atoms with Gasteiger partial charge in [-0.05, 0) is 70.3 Å². The van der Waals surface area contributed by atoms with Gasteiger partial charge in [0.05, 0.1) is 0 Å². The molecule has 1 aliphatic carbocycles. The number of piperidine rings is 1. The molecule has 1 fully saturated rings. The molecule has 36 heavy (non-hydrogen) atoms. The Kier molecular flexibility index (Phi) is 9.72. The predicted molar refractivity (Wildman–Crippen MR) is 151 cm³/mol. The quantitative estimate of drug-likeness (QED) is 0.361. The summed E-state index contributed by atoms with van der Waals surface area (Å²) in [6.45, 7) is 8.47. The number of carbonyl (C=O) groups is 1. The molecule has 6 heteroatoms. The first-order valence-corrected chi connectivity index (χ1v) is 14.6. The van der Waals surface area contributed by atoms with Crippen LogP contribution in [0.3, 0.4) is 0 Å². The Labute approximate surface area is 218 Å². The maximum absolute atomic E-state index is 12.7. The monoisotopic (exact) mass is 495 g/mol. The molecule has 200 valence electrons. The van der Waals surface area contributed by atoms with Crippen molar-refractivity contribution in [2.75, 3.05) is 33.2 Å². The van der Waals surface area contributed by atoms with Crippen LogP contribution in [0.15, 0.2) is 24.4 Å². The molecule has 4 rings (SSSR count). The fourth-order valence-electron chi connectivity index (χ4n) is 6.67. The van der Waals surface area contributed by atoms with Gasteiger partial charge in [0, 0.05) is 61.3 Å². The smallest absolute Gasteiger partial charge is 0.317 e. The lowest BCUT2D eigenvalue weighted by molar-refractivity contribution is 0.124. The molecule has 2 aromatic rings. The molecule has 0 spiro atoms. The number of nitrogens with two attached hydrogens (primary N) is 1. The average molecular weight is 496 g/mol. The van der Waals surface area contributed by atoms with Crippen LogP contribution in [-0.4, -0.2) is 65.7 Å². The number of carbonyl (C=O) groups excluding carboxylic acids is 1. The molecule has 1 aliphatic heterocycles. The van der Waals surface area contributed by atoms with Crippen molar-refractivity contribution in [1.29, 1.82) is 0 Å². The van der Waals surface area contributed by atoms with E-state index in [9.17, 15) is 4.79 Å². The molecule has 0 radical (unpaired) electrons. The molecule has 3 atom stereocenters. The van der Waals surface area contributed by atoms with Crippen LogP contribution < -0.4 is 11.1 Å². The van der Waals surface area contributed by atoms with Crippen LogP contribution in [0.5, 0.6) is 0 Å². The number of hydrogen-bond acceptors (Lipinski definition) is 3. The summed E-state index contributed by atoms with van der Waals surface area (Å²) in [6, 6.07) is 7.69. The lowest BCUT2D eigenvalue weighted by atomic mass is 9.74. The normalized spacial score (nSPS) is 21.5. The summed E-state index contributed by atoms with van der Waals surface area (Å²) in [4.78, 5) is 17.1. The largest absolute Gasteiger partial charge is 0.347 e. The summed E-state index contributed by atoms with van der Waals surface area (Å²) in [5.41, 5.74) is 10.00. The molecule has 2 heterocycles. The highest BCUT2D eigenvalue weighted by atomic mass is 16.2. The molecule has 0 bridgehead atoms. The zero-order valence-corrected chi connectivity index (χ0v) is 23.0. The first kappa shape index (κ1) is 27.0. The second-order valence-corrected chi connectivity index (χ2v) is 11.1. The summed E-state index contributed by atoms with van der Waals surface area (Å²) in [5.74, 6) is 0.470. The van der Waals surface area contributed by atoms with E-state index < -0.39 is 0 Å². The molecule has 1 saturated heterocycles. The van der Waals surface area contributed by atoms with E-state index in [1.54, 1.807) is 0 Å². The molecule has 0 unspecified atom stereocenters. The minimum atomic E-state index is 0.0771. The molecular formula is C30H49N5O. The number of nitrogens with zero attached hydrogens (tertiary/aromatic N) is 3. The molecule has 3 N–H and O–H groups in total. The number of fused-ring (bicyclic) bond motifs is 2. The lowest BCUT2D eigenvalue weighted by Crippen LogP contribution is -2.56. The van der Waals surface area contributed by atoms with Gasteiger partial charge in [-0.15, -0.1) is 0 Å². The summed E-state index contributed by atoms with van der Waals surface area (Å²) in [6.07, 6.45) is 15.0. The Hall–Kier alpha value is -2.05. The van der Waals surface area contributed by atoms with Crippen LogP contribution in [0.25, 0.3) is 10.9 Å². The Bertz CT molecular complexity index is 981. The van der Waals surface area contributed by atoms with Gasteiger partial charge >= 0.3 is 6.03 Å². The molecular weight excluding hydrogens is 446 g/mol. The van der Waals surface area contributed by atoms with E-state index in [1.807, 2.05) is 18.7 Å². The number of unbranched alkanes of at least 4 members (excludes halogenated alkanes) is 7. The minimum Gasteiger partial charge on any atom is -0.347 e. The lowest BCUT2D eigenvalue weighted by Gasteiger charge is -2.45. The molecule has 1 aromatic carbocycles. The van der Waals surface area contributed by atoms with Crippen molar-refractivity contribution >= 4 is 16.9 Å². The van der Waals surface area contributed by atoms with Crippen molar-refractivity contribution in [1.82, 2.24) is 19.7 Å². The van der Waals surface area contributed by atoms with E-state index in [-0.39, 0.29) is 12.1 Å². The number of aromatic nitrogens is 1. The number of rotatable bonds is 13. The van der Waals surface area contributed by atoms with Gasteiger partial charge in [-0.1, -0.05) is 50.7 Å². The first-order valence-electron chi connectivity index (χ1n) is 14.6. The van der Waals surface area contributed by atoms with Gasteiger partial charge in [-0.3, -0.25) is 0 Å². The fraction of sp³-hybridized carbons (Fsp3) is 0.700. The summed E-state index contributed by atoms with van der Waals surface area (Å²) < 4.78 is 2.52. The van der Waals surface area contributed by atoms with Crippen molar-refractivity contribution in [2.45, 2.75) is 103 Å². The summed E-state index contributed by atoms with van der Waals surface area (Å²) >= 11 is 0. The zero-order chi connectivity index (χ0) is 25.5. The Morgan fingerprint density at radius 1 is 1.06 bits per heavy atom. The number of nitrogens with one attached hydrogen (secondary N) is 1. The number of benzene rings is 1. The zero-order valence-electron chi connectivity index (χ0n) is 23.0. The molecule has 2 aliphatic rings. The van der Waals surface area contributed by atoms with Crippen molar-refractivity contribution in [3.63, 3.8) is 0 Å². The number of likely N-dealkylation sites (N-methyl/N-ethyl adjacent to an activating group) is 1. The van der Waals surface area contributed by atoms with Gasteiger partial charge in [-0.25, -0.2) is 4.79 Å². The van der Waals surface area contributed by atoms with E-state index in [4.69, 9.17) is 5.73 Å². The highest BCUT2D eigenvalue weighted by Gasteiger charge is 2.40. The van der Waals surface area contributed by atoms with Gasteiger partial charge in [0.15, 0.2) is 0 Å². The SMILES string of the molecule is CCN(CC)C(=O)N[C@H]1C[C@@H]2c3cccc4c3c(cn4CCCCCCCCCCN)C[C@H]2N(C)C1. The van der Waals surface area contributed by atoms with Crippen molar-refractivity contribution in [3.05, 3.63) is 35.5 Å². The van der Waals surface area contributed by atoms with Gasteiger partial charge < -0.3 is 25.4 Å². The van der Waals surface area contributed by atoms with Crippen LogP contribution in [0, 0.1) is 0 Å². The van der Waals surface area contributed by atoms with E-state index >= 15 is 0 Å². The van der Waals surface area contributed by atoms with Crippen LogP contribution in [0.1, 0.15) is 88.7 Å². The van der Waals surface area contributed by atoms with E-state index in [0.29, 0.717) is 12.0 Å². The van der Waals surface area contributed by atoms with Crippen molar-refractivity contribution < 1.29 is 4.79 Å². The van der Waals surface area contributed by atoms with Crippen LogP contribution >= 0.6 is 0 Å². The van der Waals surface area contributed by atoms with Crippen LogP contribution in [0.2, 0.25) is 0 Å². The standard InChI is InChI=1S/C30H49N5O/c1-4-34(5-2)30(36)32-24-20-26-25-15-14-16-27-29(25)23(19-28(26)33(3)22-24)21-35(27)18-13-11-9-7-6-8-10-12-17-31/h14-16,21,24,26,28H,4-13,17-20,22,31H2,1-3H3,(H,32,36)/t24-,26+,28+/m0/s1. The number of urea groups is 1. The van der Waals surface area contributed by atoms with Crippen LogP contribution in [-0.2, 0) is 13.0 Å². The van der Waals surface area contributed by atoms with E-state index in [2.05, 4.69) is 46.2 Å². The Morgan fingerprint density at radius 2 is 1.75 bits per heavy atom. The highest BCUT2D eigenvalue weighted by Crippen LogP contribution is 2.43. The number of likely N-dealkylation sites (tertiary alicyclic amines) is 1. The third-order valence-electron chi connectivity index (χ3n) is 8.65. The van der Waals surface area contributed by atoms with Crippen molar-refractivity contribution in [2.24, 2.45) is 5.73 Å². The van der Waals surface area contributed by atoms with Crippen LogP contribution in [0.4, 0.5) is 4.79 Å². The number of aryl methyl sites for hydroxylation is 1. The third kappa shape index (κ3) is 6.08. The molecule has 1 aromatic heterocycles. The number of hydrogen-bond donors (Lipinski definition) is 2. The number of amides is 2. The minimum absolute atomic E-state index is 0.0771. The van der Waals surface area contributed by atoms with Gasteiger partial charge in [0.2, 0.25) is 0 Å². The van der Waals surface area contributed by atoms with Gasteiger partial charge in [0.1, 0.15) is 0 Å². The fourth-order valence-corrected chi connectivity index (χ4v) is 6.67. The Balaban J connectivity index is 1.39. The summed E-state index contributed by atoms with van der Waals surface area (Å²) in [5, 5.41) is 4.83. The molecule has 2 amide bonds. The molecule has 6 nitrogen and oxygen atoms in total. The topological polar surface area (TPSA) is 66.5 Å². The van der Waals surface area contributed by atoms with Crippen molar-refractivity contribution in [3.8, 4) is 0 Å². The first-order chi connectivity index (χ1) is 17.6. The van der Waals surface area contributed by atoms with E-state index in [0.717, 1.165) is 45.6 Å². The van der Waals surface area contributed by atoms with E-state index in [1.165, 1.54) is 73.4 Å². The maximum atomic E-state index is 12.7. The van der Waals surface area contributed by atoms with Gasteiger partial charge in [-0.2, -0.15) is 0 Å².